The zero-order valence-corrected chi connectivity index (χ0v) is 8.18. The molecule has 1 aliphatic rings. The van der Waals surface area contributed by atoms with E-state index in [9.17, 15) is 9.90 Å². The van der Waals surface area contributed by atoms with Gasteiger partial charge in [-0.25, -0.2) is 0 Å². The molecule has 4 N–H and O–H groups in total. The molecule has 0 aromatic rings. The van der Waals surface area contributed by atoms with E-state index in [4.69, 9.17) is 20.4 Å². The van der Waals surface area contributed by atoms with E-state index in [1.165, 1.54) is 0 Å². The molecule has 1 fully saturated rings. The van der Waals surface area contributed by atoms with Crippen LogP contribution in [0, 0.1) is 0 Å². The van der Waals surface area contributed by atoms with Crippen molar-refractivity contribution in [3.05, 3.63) is 0 Å². The number of carbonyl (C=O) groups is 1. The van der Waals surface area contributed by atoms with E-state index in [0.717, 1.165) is 0 Å². The molecule has 7 nitrogen and oxygen atoms in total. The third kappa shape index (κ3) is 2.53. The molecule has 5 atom stereocenters. The largest absolute Gasteiger partial charge is 1.00 e. The Balaban J connectivity index is 0.00000169. The van der Waals surface area contributed by atoms with Gasteiger partial charge in [-0.05, 0) is 0 Å². The van der Waals surface area contributed by atoms with Gasteiger partial charge in [0.2, 0.25) is 0 Å². The summed E-state index contributed by atoms with van der Waals surface area (Å²) >= 11 is 0. The van der Waals surface area contributed by atoms with Crippen molar-refractivity contribution in [2.75, 3.05) is 0 Å². The molecule has 0 aromatic carbocycles. The van der Waals surface area contributed by atoms with Gasteiger partial charge < -0.3 is 35.1 Å². The standard InChI is InChI=1S/C6H10O7.Ag/c7-1-2(8)4(5(10)11)13-6(12)3(1)9;/h1-4,6-9,12H,(H,10,11);/q;+1/p-1/t1-,2+,3+,4-,6-;/m0./s1. The van der Waals surface area contributed by atoms with Gasteiger partial charge in [-0.15, -0.1) is 0 Å². The van der Waals surface area contributed by atoms with Crippen LogP contribution in [0.25, 0.3) is 0 Å². The van der Waals surface area contributed by atoms with Crippen molar-refractivity contribution in [1.82, 2.24) is 0 Å². The number of aliphatic carboxylic acids is 1. The Kier molecular flexibility index (Phi) is 5.20. The summed E-state index contributed by atoms with van der Waals surface area (Å²) in [6, 6.07) is 0. The first-order valence-corrected chi connectivity index (χ1v) is 3.53. The summed E-state index contributed by atoms with van der Waals surface area (Å²) in [6.07, 6.45) is -9.00. The first-order chi connectivity index (χ1) is 5.95. The van der Waals surface area contributed by atoms with Crippen molar-refractivity contribution in [3.63, 3.8) is 0 Å². The van der Waals surface area contributed by atoms with Gasteiger partial charge in [0.15, 0.2) is 6.29 Å². The Morgan fingerprint density at radius 3 is 2.00 bits per heavy atom. The fraction of sp³-hybridized carbons (Fsp3) is 0.833. The molecular formula is C6H9AgO7. The maximum absolute atomic E-state index is 10.3. The van der Waals surface area contributed by atoms with Crippen LogP contribution in [0.2, 0.25) is 0 Å². The van der Waals surface area contributed by atoms with Gasteiger partial charge in [0.25, 0.3) is 0 Å². The number of hydrogen-bond donors (Lipinski definition) is 4. The number of carbonyl (C=O) groups excluding carboxylic acids is 1. The van der Waals surface area contributed by atoms with Crippen LogP contribution >= 0.6 is 0 Å². The van der Waals surface area contributed by atoms with E-state index >= 15 is 0 Å². The second kappa shape index (κ2) is 5.19. The molecule has 0 amide bonds. The summed E-state index contributed by atoms with van der Waals surface area (Å²) < 4.78 is 4.28. The van der Waals surface area contributed by atoms with Gasteiger partial charge in [0.05, 0.1) is 5.97 Å². The molecular weight excluding hydrogens is 292 g/mol. The normalized spacial score (nSPS) is 42.7. The first-order valence-electron chi connectivity index (χ1n) is 3.53. The number of aliphatic hydroxyl groups is 4. The smallest absolute Gasteiger partial charge is 0.547 e. The molecule has 0 radical (unpaired) electrons. The number of aliphatic hydroxyl groups excluding tert-OH is 4. The van der Waals surface area contributed by atoms with Gasteiger partial charge >= 0.3 is 22.4 Å². The molecule has 1 rings (SSSR count). The monoisotopic (exact) mass is 300 g/mol. The fourth-order valence-corrected chi connectivity index (χ4v) is 1.06. The number of rotatable bonds is 1. The van der Waals surface area contributed by atoms with Crippen molar-refractivity contribution in [2.24, 2.45) is 0 Å². The minimum Gasteiger partial charge on any atom is -0.547 e. The van der Waals surface area contributed by atoms with Crippen molar-refractivity contribution >= 4 is 5.97 Å². The van der Waals surface area contributed by atoms with Crippen LogP contribution in [0.15, 0.2) is 0 Å². The average molecular weight is 301 g/mol. The third-order valence-electron chi connectivity index (χ3n) is 1.82. The van der Waals surface area contributed by atoms with Crippen molar-refractivity contribution in [1.29, 1.82) is 0 Å². The maximum atomic E-state index is 10.3. The fourth-order valence-electron chi connectivity index (χ4n) is 1.06. The number of carboxylic acids is 1. The number of carboxylic acid groups (broad SMARTS) is 1. The van der Waals surface area contributed by atoms with Crippen molar-refractivity contribution in [2.45, 2.75) is 30.7 Å². The predicted octanol–water partition coefficient (Wildman–Crippen LogP) is -4.47. The summed E-state index contributed by atoms with van der Waals surface area (Å²) in [5.41, 5.74) is 0. The summed E-state index contributed by atoms with van der Waals surface area (Å²) in [7, 11) is 0. The van der Waals surface area contributed by atoms with Gasteiger partial charge in [-0.3, -0.25) is 0 Å². The molecule has 0 spiro atoms. The summed E-state index contributed by atoms with van der Waals surface area (Å²) in [5, 5.41) is 46.1. The molecule has 1 saturated heterocycles. The molecule has 8 heteroatoms. The molecule has 0 aromatic heterocycles. The summed E-state index contributed by atoms with van der Waals surface area (Å²) in [5.74, 6) is -1.77. The first kappa shape index (κ1) is 14.0. The van der Waals surface area contributed by atoms with Crippen LogP contribution < -0.4 is 5.11 Å². The van der Waals surface area contributed by atoms with Gasteiger partial charge in [-0.1, -0.05) is 0 Å². The summed E-state index contributed by atoms with van der Waals surface area (Å²) in [4.78, 5) is 10.3. The molecule has 0 aliphatic carbocycles. The third-order valence-corrected chi connectivity index (χ3v) is 1.82. The Labute approximate surface area is 94.4 Å². The Bertz CT molecular complexity index is 210. The minimum absolute atomic E-state index is 0. The van der Waals surface area contributed by atoms with E-state index in [1.807, 2.05) is 0 Å². The van der Waals surface area contributed by atoms with Crippen molar-refractivity contribution < 1.29 is 57.4 Å². The SMILES string of the molecule is O=C([O-])[C@H]1O[C@H](O)[C@H](O)[C@@H](O)[C@H]1O.[Ag+]. The second-order valence-corrected chi connectivity index (χ2v) is 2.74. The molecule has 0 bridgehead atoms. The summed E-state index contributed by atoms with van der Waals surface area (Å²) in [6.45, 7) is 0. The van der Waals surface area contributed by atoms with Crippen LogP contribution in [0.3, 0.4) is 0 Å². The van der Waals surface area contributed by atoms with Crippen LogP contribution in [0.1, 0.15) is 0 Å². The number of hydrogen-bond acceptors (Lipinski definition) is 7. The Morgan fingerprint density at radius 1 is 1.07 bits per heavy atom. The van der Waals surface area contributed by atoms with E-state index in [-0.39, 0.29) is 22.4 Å². The maximum Gasteiger partial charge on any atom is 1.00 e. The quantitative estimate of drug-likeness (QED) is 0.359. The van der Waals surface area contributed by atoms with Crippen LogP contribution in [-0.2, 0) is 31.9 Å². The predicted molar refractivity (Wildman–Crippen MR) is 33.9 cm³/mol. The molecule has 0 saturated carbocycles. The van der Waals surface area contributed by atoms with E-state index < -0.39 is 36.7 Å². The van der Waals surface area contributed by atoms with Crippen LogP contribution in [0.4, 0.5) is 0 Å². The van der Waals surface area contributed by atoms with Crippen LogP contribution in [-0.4, -0.2) is 57.1 Å². The van der Waals surface area contributed by atoms with Gasteiger partial charge in [0, 0.05) is 0 Å². The van der Waals surface area contributed by atoms with Gasteiger partial charge in [0.1, 0.15) is 24.4 Å². The van der Waals surface area contributed by atoms with Crippen molar-refractivity contribution in [3.8, 4) is 0 Å². The Morgan fingerprint density at radius 2 is 1.57 bits per heavy atom. The molecule has 1 aliphatic heterocycles. The van der Waals surface area contributed by atoms with Crippen LogP contribution in [0.5, 0.6) is 0 Å². The topological polar surface area (TPSA) is 130 Å². The molecule has 1 heterocycles. The number of ether oxygens (including phenoxy) is 1. The molecule has 86 valence electrons. The van der Waals surface area contributed by atoms with Gasteiger partial charge in [-0.2, -0.15) is 0 Å². The second-order valence-electron chi connectivity index (χ2n) is 2.74. The zero-order valence-electron chi connectivity index (χ0n) is 6.70. The molecule has 14 heavy (non-hydrogen) atoms. The molecule has 0 unspecified atom stereocenters. The zero-order chi connectivity index (χ0) is 10.2. The minimum atomic E-state index is -1.85. The van der Waals surface area contributed by atoms with E-state index in [1.54, 1.807) is 0 Å². The Hall–Kier alpha value is 0.0103. The van der Waals surface area contributed by atoms with E-state index in [2.05, 4.69) is 4.74 Å². The average Bonchev–Trinajstić information content (AvgIpc) is 2.07. The van der Waals surface area contributed by atoms with E-state index in [0.29, 0.717) is 0 Å².